The van der Waals surface area contributed by atoms with Crippen LogP contribution < -0.4 is 9.64 Å². The van der Waals surface area contributed by atoms with Crippen LogP contribution in [0.4, 0.5) is 17.1 Å². The highest BCUT2D eigenvalue weighted by Gasteiger charge is 2.52. The Morgan fingerprint density at radius 3 is 1.90 bits per heavy atom. The van der Waals surface area contributed by atoms with E-state index in [9.17, 15) is 0 Å². The zero-order valence-electron chi connectivity index (χ0n) is 26.8. The summed E-state index contributed by atoms with van der Waals surface area (Å²) in [6.45, 7) is 0. The molecule has 2 nitrogen and oxygen atoms in total. The van der Waals surface area contributed by atoms with E-state index in [2.05, 4.69) is 193 Å². The molecule has 0 fully saturated rings. The molecule has 2 aliphatic rings. The van der Waals surface area contributed by atoms with Crippen LogP contribution in [-0.4, -0.2) is 0 Å². The molecule has 1 aliphatic heterocycles. The molecule has 49 heavy (non-hydrogen) atoms. The lowest BCUT2D eigenvalue weighted by Gasteiger charge is -2.40. The Hall–Kier alpha value is -6.38. The molecule has 1 aliphatic carbocycles. The van der Waals surface area contributed by atoms with Crippen LogP contribution >= 0.6 is 0 Å². The summed E-state index contributed by atoms with van der Waals surface area (Å²) in [6, 6.07) is 67.8. The molecule has 0 saturated heterocycles. The minimum absolute atomic E-state index is 0.572. The fraction of sp³-hybridized carbons (Fsp3) is 0.0213. The summed E-state index contributed by atoms with van der Waals surface area (Å²) in [5.74, 6) is 1.83. The van der Waals surface area contributed by atoms with Gasteiger partial charge in [-0.1, -0.05) is 158 Å². The molecule has 10 rings (SSSR count). The van der Waals surface area contributed by atoms with Crippen molar-refractivity contribution in [2.24, 2.45) is 0 Å². The Morgan fingerprint density at radius 1 is 0.408 bits per heavy atom. The quantitative estimate of drug-likeness (QED) is 0.193. The number of ether oxygens (including phenoxy) is 1. The lowest BCUT2D eigenvalue weighted by atomic mass is 9.65. The fourth-order valence-electron chi connectivity index (χ4n) is 8.36. The maximum absolute atomic E-state index is 6.88. The summed E-state index contributed by atoms with van der Waals surface area (Å²) in [6.07, 6.45) is 0. The molecule has 0 radical (unpaired) electrons. The van der Waals surface area contributed by atoms with Gasteiger partial charge in [0.25, 0.3) is 0 Å². The summed E-state index contributed by atoms with van der Waals surface area (Å²) in [7, 11) is 0. The molecule has 1 heterocycles. The summed E-state index contributed by atoms with van der Waals surface area (Å²) in [4.78, 5) is 2.45. The maximum Gasteiger partial charge on any atom is 0.140 e. The van der Waals surface area contributed by atoms with Gasteiger partial charge in [0.05, 0.1) is 16.8 Å². The average Bonchev–Trinajstić information content (AvgIpc) is 3.47. The Labute approximate surface area is 286 Å². The van der Waals surface area contributed by atoms with Gasteiger partial charge in [-0.15, -0.1) is 0 Å². The molecule has 0 N–H and O–H groups in total. The first-order chi connectivity index (χ1) is 24.3. The Bertz CT molecular complexity index is 2540. The van der Waals surface area contributed by atoms with E-state index in [0.717, 1.165) is 39.5 Å². The number of nitrogens with zero attached hydrogens (tertiary/aromatic N) is 1. The molecule has 8 aromatic rings. The van der Waals surface area contributed by atoms with Gasteiger partial charge in [-0.25, -0.2) is 0 Å². The monoisotopic (exact) mass is 625 g/mol. The van der Waals surface area contributed by atoms with E-state index in [4.69, 9.17) is 4.74 Å². The van der Waals surface area contributed by atoms with Crippen molar-refractivity contribution in [3.05, 3.63) is 210 Å². The first-order valence-corrected chi connectivity index (χ1v) is 16.9. The standard InChI is InChI=1S/C47H31NO/c1-3-16-32(17-4-1)35-21-10-13-27-42(35)48(34-19-5-2-6-20-34)43-28-15-26-40-45(43)37-23-9-11-24-38(37)47(40)39-25-12-14-29-44(39)49-46-36-22-8-7-18-33(36)30-31-41(46)47/h1-31H. The largest absolute Gasteiger partial charge is 0.456 e. The van der Waals surface area contributed by atoms with E-state index in [1.165, 1.54) is 44.3 Å². The van der Waals surface area contributed by atoms with Crippen molar-refractivity contribution in [1.82, 2.24) is 0 Å². The van der Waals surface area contributed by atoms with Crippen LogP contribution in [0, 0.1) is 0 Å². The van der Waals surface area contributed by atoms with Crippen molar-refractivity contribution in [2.45, 2.75) is 5.41 Å². The van der Waals surface area contributed by atoms with Crippen LogP contribution in [0.25, 0.3) is 33.0 Å². The number of hydrogen-bond acceptors (Lipinski definition) is 2. The first kappa shape index (κ1) is 27.7. The van der Waals surface area contributed by atoms with Gasteiger partial charge in [-0.2, -0.15) is 0 Å². The van der Waals surface area contributed by atoms with E-state index >= 15 is 0 Å². The topological polar surface area (TPSA) is 12.5 Å². The van der Waals surface area contributed by atoms with Gasteiger partial charge in [0, 0.05) is 33.3 Å². The van der Waals surface area contributed by atoms with E-state index in [-0.39, 0.29) is 0 Å². The molecular formula is C47H31NO. The normalized spacial score (nSPS) is 15.2. The van der Waals surface area contributed by atoms with Crippen molar-refractivity contribution in [2.75, 3.05) is 4.90 Å². The van der Waals surface area contributed by atoms with Crippen LogP contribution in [0.2, 0.25) is 0 Å². The zero-order chi connectivity index (χ0) is 32.4. The fourth-order valence-corrected chi connectivity index (χ4v) is 8.36. The molecule has 0 amide bonds. The maximum atomic E-state index is 6.88. The number of anilines is 3. The molecule has 0 bridgehead atoms. The first-order valence-electron chi connectivity index (χ1n) is 16.9. The molecule has 1 atom stereocenters. The second-order valence-corrected chi connectivity index (χ2v) is 12.8. The van der Waals surface area contributed by atoms with Gasteiger partial charge < -0.3 is 9.64 Å². The predicted octanol–water partition coefficient (Wildman–Crippen LogP) is 12.4. The van der Waals surface area contributed by atoms with Gasteiger partial charge in [0.15, 0.2) is 0 Å². The van der Waals surface area contributed by atoms with Crippen LogP contribution in [-0.2, 0) is 5.41 Å². The summed E-state index contributed by atoms with van der Waals surface area (Å²) in [5.41, 5.74) is 12.5. The summed E-state index contributed by atoms with van der Waals surface area (Å²) in [5, 5.41) is 2.29. The van der Waals surface area contributed by atoms with E-state index in [1.807, 2.05) is 0 Å². The third-order valence-corrected chi connectivity index (χ3v) is 10.3. The third kappa shape index (κ3) is 3.95. The highest BCUT2D eigenvalue weighted by atomic mass is 16.5. The molecule has 0 aromatic heterocycles. The molecule has 2 heteroatoms. The number of fused-ring (bicyclic) bond motifs is 11. The van der Waals surface area contributed by atoms with E-state index in [0.29, 0.717) is 0 Å². The van der Waals surface area contributed by atoms with Crippen molar-refractivity contribution < 1.29 is 4.74 Å². The van der Waals surface area contributed by atoms with Crippen LogP contribution in [0.3, 0.4) is 0 Å². The summed E-state index contributed by atoms with van der Waals surface area (Å²) < 4.78 is 6.88. The van der Waals surface area contributed by atoms with Crippen LogP contribution in [0.1, 0.15) is 22.3 Å². The van der Waals surface area contributed by atoms with Crippen molar-refractivity contribution >= 4 is 27.8 Å². The molecule has 0 saturated carbocycles. The number of benzene rings is 8. The number of hydrogen-bond donors (Lipinski definition) is 0. The lowest BCUT2D eigenvalue weighted by molar-refractivity contribution is 0.441. The minimum Gasteiger partial charge on any atom is -0.456 e. The molecule has 1 unspecified atom stereocenters. The SMILES string of the molecule is c1ccc(-c2ccccc2N(c2ccccc2)c2cccc3c2-c2ccccc2C32c3ccccc3Oc3c2ccc2ccccc32)cc1. The second kappa shape index (κ2) is 10.8. The molecule has 1 spiro atoms. The Balaban J connectivity index is 1.33. The minimum atomic E-state index is -0.572. The smallest absolute Gasteiger partial charge is 0.140 e. The van der Waals surface area contributed by atoms with Crippen LogP contribution in [0.5, 0.6) is 11.5 Å². The van der Waals surface area contributed by atoms with Crippen molar-refractivity contribution in [1.29, 1.82) is 0 Å². The van der Waals surface area contributed by atoms with Crippen molar-refractivity contribution in [3.8, 4) is 33.8 Å². The number of rotatable bonds is 4. The van der Waals surface area contributed by atoms with E-state index < -0.39 is 5.41 Å². The Kier molecular flexibility index (Phi) is 6.13. The second-order valence-electron chi connectivity index (χ2n) is 12.8. The van der Waals surface area contributed by atoms with Gasteiger partial charge in [-0.3, -0.25) is 0 Å². The predicted molar refractivity (Wildman–Crippen MR) is 201 cm³/mol. The highest BCUT2D eigenvalue weighted by Crippen LogP contribution is 2.65. The van der Waals surface area contributed by atoms with Crippen LogP contribution in [0.15, 0.2) is 188 Å². The zero-order valence-corrected chi connectivity index (χ0v) is 26.8. The molecule has 230 valence electrons. The van der Waals surface area contributed by atoms with Gasteiger partial charge in [0.2, 0.25) is 0 Å². The van der Waals surface area contributed by atoms with Gasteiger partial charge in [-0.05, 0) is 58.0 Å². The molecule has 8 aromatic carbocycles. The highest BCUT2D eigenvalue weighted by molar-refractivity contribution is 6.01. The van der Waals surface area contributed by atoms with Gasteiger partial charge >= 0.3 is 0 Å². The van der Waals surface area contributed by atoms with E-state index in [1.54, 1.807) is 0 Å². The van der Waals surface area contributed by atoms with Gasteiger partial charge in [0.1, 0.15) is 11.5 Å². The molecular weight excluding hydrogens is 595 g/mol. The third-order valence-electron chi connectivity index (χ3n) is 10.3. The average molecular weight is 626 g/mol. The Morgan fingerprint density at radius 2 is 1.04 bits per heavy atom. The number of para-hydroxylation sites is 3. The van der Waals surface area contributed by atoms with Crippen molar-refractivity contribution in [3.63, 3.8) is 0 Å². The lowest BCUT2D eigenvalue weighted by Crippen LogP contribution is -2.32. The summed E-state index contributed by atoms with van der Waals surface area (Å²) >= 11 is 0.